The molecule has 0 atom stereocenters. The van der Waals surface area contributed by atoms with Gasteiger partial charge in [-0.25, -0.2) is 0 Å². The zero-order valence-electron chi connectivity index (χ0n) is 15.4. The number of amides is 1. The van der Waals surface area contributed by atoms with Crippen molar-refractivity contribution in [2.75, 3.05) is 26.8 Å². The highest BCUT2D eigenvalue weighted by Crippen LogP contribution is 2.30. The molecular formula is C20H20N4O4. The molecule has 3 aromatic rings. The molecule has 0 N–H and O–H groups in total. The fourth-order valence-electron chi connectivity index (χ4n) is 2.91. The highest BCUT2D eigenvalue weighted by Gasteiger charge is 2.34. The largest absolute Gasteiger partial charge is 0.486 e. The highest BCUT2D eigenvalue weighted by molar-refractivity contribution is 5.92. The van der Waals surface area contributed by atoms with Crippen LogP contribution in [-0.2, 0) is 11.2 Å². The van der Waals surface area contributed by atoms with Gasteiger partial charge in [0.25, 0.3) is 11.8 Å². The van der Waals surface area contributed by atoms with Crippen LogP contribution in [0.15, 0.2) is 53.2 Å². The van der Waals surface area contributed by atoms with E-state index in [0.29, 0.717) is 49.3 Å². The molecule has 1 saturated heterocycles. The molecule has 0 radical (unpaired) electrons. The van der Waals surface area contributed by atoms with Crippen molar-refractivity contribution in [3.63, 3.8) is 0 Å². The van der Waals surface area contributed by atoms with Crippen molar-refractivity contribution in [1.29, 1.82) is 0 Å². The zero-order chi connectivity index (χ0) is 19.3. The van der Waals surface area contributed by atoms with Crippen molar-refractivity contribution in [3.8, 4) is 17.2 Å². The van der Waals surface area contributed by atoms with Crippen LogP contribution >= 0.6 is 0 Å². The normalized spacial score (nSPS) is 14.0. The van der Waals surface area contributed by atoms with E-state index in [-0.39, 0.29) is 12.0 Å². The number of nitrogens with zero attached hydrogens (tertiary/aromatic N) is 4. The molecule has 0 saturated carbocycles. The summed E-state index contributed by atoms with van der Waals surface area (Å²) in [5.74, 6) is 1.55. The summed E-state index contributed by atoms with van der Waals surface area (Å²) in [6.07, 6.45) is 2.10. The lowest BCUT2D eigenvalue weighted by molar-refractivity contribution is 0.0175. The zero-order valence-corrected chi connectivity index (χ0v) is 15.4. The van der Waals surface area contributed by atoms with Gasteiger partial charge in [-0.05, 0) is 24.3 Å². The average molecular weight is 380 g/mol. The van der Waals surface area contributed by atoms with E-state index in [9.17, 15) is 4.79 Å². The van der Waals surface area contributed by atoms with Crippen LogP contribution in [0.3, 0.4) is 0 Å². The Labute approximate surface area is 162 Å². The molecule has 144 valence electrons. The Kier molecular flexibility index (Phi) is 5.29. The van der Waals surface area contributed by atoms with Gasteiger partial charge < -0.3 is 18.9 Å². The van der Waals surface area contributed by atoms with Crippen LogP contribution in [0.25, 0.3) is 11.5 Å². The number of methoxy groups -OCH3 is 1. The van der Waals surface area contributed by atoms with Gasteiger partial charge in [-0.15, -0.1) is 0 Å². The standard InChI is InChI=1S/C20H20N4O4/c1-26-11-9-18-22-19(28-23-18)15-6-2-3-8-17(15)27-14-12-24(13-14)20(25)16-7-4-5-10-21-16/h2-8,10,14H,9,11-13H2,1H3. The van der Waals surface area contributed by atoms with Gasteiger partial charge in [0.05, 0.1) is 25.3 Å². The predicted octanol–water partition coefficient (Wildman–Crippen LogP) is 2.22. The topological polar surface area (TPSA) is 90.6 Å². The first-order valence-electron chi connectivity index (χ1n) is 9.02. The molecule has 0 unspecified atom stereocenters. The number of rotatable bonds is 7. The summed E-state index contributed by atoms with van der Waals surface area (Å²) in [5, 5.41) is 3.97. The smallest absolute Gasteiger partial charge is 0.272 e. The van der Waals surface area contributed by atoms with Crippen molar-refractivity contribution >= 4 is 5.91 Å². The number of aromatic nitrogens is 3. The molecular weight excluding hydrogens is 360 g/mol. The second-order valence-electron chi connectivity index (χ2n) is 6.42. The Balaban J connectivity index is 1.40. The van der Waals surface area contributed by atoms with Crippen LogP contribution in [0.2, 0.25) is 0 Å². The predicted molar refractivity (Wildman–Crippen MR) is 99.9 cm³/mol. The molecule has 2 aromatic heterocycles. The molecule has 3 heterocycles. The SMILES string of the molecule is COCCc1noc(-c2ccccc2OC2CN(C(=O)c3ccccn3)C2)n1. The third kappa shape index (κ3) is 3.86. The monoisotopic (exact) mass is 380 g/mol. The number of likely N-dealkylation sites (tertiary alicyclic amines) is 1. The van der Waals surface area contributed by atoms with Crippen LogP contribution in [0.5, 0.6) is 5.75 Å². The maximum Gasteiger partial charge on any atom is 0.272 e. The lowest BCUT2D eigenvalue weighted by atomic mass is 10.1. The molecule has 8 heteroatoms. The minimum absolute atomic E-state index is 0.0894. The van der Waals surface area contributed by atoms with Gasteiger partial charge in [-0.2, -0.15) is 4.98 Å². The van der Waals surface area contributed by atoms with E-state index in [1.807, 2.05) is 24.3 Å². The second-order valence-corrected chi connectivity index (χ2v) is 6.42. The van der Waals surface area contributed by atoms with Gasteiger partial charge in [-0.3, -0.25) is 9.78 Å². The number of carbonyl (C=O) groups excluding carboxylic acids is 1. The van der Waals surface area contributed by atoms with Gasteiger partial charge in [0, 0.05) is 19.7 Å². The summed E-state index contributed by atoms with van der Waals surface area (Å²) in [6.45, 7) is 1.54. The lowest BCUT2D eigenvalue weighted by Gasteiger charge is -2.38. The Morgan fingerprint density at radius 3 is 2.82 bits per heavy atom. The molecule has 0 bridgehead atoms. The molecule has 1 fully saturated rings. The molecule has 1 aliphatic heterocycles. The van der Waals surface area contributed by atoms with Crippen molar-refractivity contribution in [2.45, 2.75) is 12.5 Å². The fraction of sp³-hybridized carbons (Fsp3) is 0.300. The first-order chi connectivity index (χ1) is 13.7. The Hall–Kier alpha value is -3.26. The molecule has 1 amide bonds. The number of hydrogen-bond acceptors (Lipinski definition) is 7. The van der Waals surface area contributed by atoms with Gasteiger partial charge in [0.1, 0.15) is 17.5 Å². The molecule has 28 heavy (non-hydrogen) atoms. The van der Waals surface area contributed by atoms with Crippen molar-refractivity contribution in [3.05, 3.63) is 60.2 Å². The first-order valence-corrected chi connectivity index (χ1v) is 9.02. The Morgan fingerprint density at radius 1 is 1.21 bits per heavy atom. The molecule has 8 nitrogen and oxygen atoms in total. The number of benzene rings is 1. The van der Waals surface area contributed by atoms with Crippen molar-refractivity contribution in [2.24, 2.45) is 0 Å². The van der Waals surface area contributed by atoms with Gasteiger partial charge in [0.2, 0.25) is 0 Å². The van der Waals surface area contributed by atoms with Crippen LogP contribution in [0.1, 0.15) is 16.3 Å². The van der Waals surface area contributed by atoms with Gasteiger partial charge >= 0.3 is 0 Å². The van der Waals surface area contributed by atoms with Crippen LogP contribution in [-0.4, -0.2) is 58.8 Å². The summed E-state index contributed by atoms with van der Waals surface area (Å²) in [4.78, 5) is 22.6. The van der Waals surface area contributed by atoms with E-state index < -0.39 is 0 Å². The number of para-hydroxylation sites is 1. The maximum absolute atomic E-state index is 12.4. The van der Waals surface area contributed by atoms with Crippen LogP contribution < -0.4 is 4.74 Å². The number of ether oxygens (including phenoxy) is 2. The summed E-state index contributed by atoms with van der Waals surface area (Å²) < 4.78 is 16.5. The quantitative estimate of drug-likeness (QED) is 0.621. The van der Waals surface area contributed by atoms with Crippen molar-refractivity contribution < 1.29 is 18.8 Å². The summed E-state index contributed by atoms with van der Waals surface area (Å²) in [7, 11) is 1.63. The van der Waals surface area contributed by atoms with Gasteiger partial charge in [-0.1, -0.05) is 23.4 Å². The third-order valence-electron chi connectivity index (χ3n) is 4.43. The minimum Gasteiger partial charge on any atom is -0.486 e. The first kappa shape index (κ1) is 18.1. The highest BCUT2D eigenvalue weighted by atomic mass is 16.5. The van der Waals surface area contributed by atoms with E-state index in [1.54, 1.807) is 36.4 Å². The van der Waals surface area contributed by atoms with E-state index in [4.69, 9.17) is 14.0 Å². The average Bonchev–Trinajstić information content (AvgIpc) is 3.18. The second kappa shape index (κ2) is 8.18. The summed E-state index contributed by atoms with van der Waals surface area (Å²) in [6, 6.07) is 12.8. The van der Waals surface area contributed by atoms with E-state index in [0.717, 1.165) is 5.56 Å². The Morgan fingerprint density at radius 2 is 2.04 bits per heavy atom. The van der Waals surface area contributed by atoms with Gasteiger partial charge in [0.15, 0.2) is 5.82 Å². The summed E-state index contributed by atoms with van der Waals surface area (Å²) >= 11 is 0. The Bertz CT molecular complexity index is 938. The minimum atomic E-state index is -0.0929. The van der Waals surface area contributed by atoms with E-state index in [2.05, 4.69) is 15.1 Å². The lowest BCUT2D eigenvalue weighted by Crippen LogP contribution is -2.56. The fourth-order valence-corrected chi connectivity index (χ4v) is 2.91. The van der Waals surface area contributed by atoms with E-state index in [1.165, 1.54) is 0 Å². The van der Waals surface area contributed by atoms with Crippen LogP contribution in [0, 0.1) is 0 Å². The molecule has 0 aliphatic carbocycles. The van der Waals surface area contributed by atoms with Crippen LogP contribution in [0.4, 0.5) is 0 Å². The number of hydrogen-bond donors (Lipinski definition) is 0. The molecule has 0 spiro atoms. The molecule has 1 aliphatic rings. The number of pyridine rings is 1. The van der Waals surface area contributed by atoms with E-state index >= 15 is 0 Å². The molecule has 4 rings (SSSR count). The molecule has 1 aromatic carbocycles. The summed E-state index contributed by atoms with van der Waals surface area (Å²) in [5.41, 5.74) is 1.17. The third-order valence-corrected chi connectivity index (χ3v) is 4.43. The number of carbonyl (C=O) groups is 1. The maximum atomic E-state index is 12.4. The van der Waals surface area contributed by atoms with Crippen molar-refractivity contribution in [1.82, 2.24) is 20.0 Å².